The lowest BCUT2D eigenvalue weighted by Crippen LogP contribution is -2.10. The van der Waals surface area contributed by atoms with Gasteiger partial charge in [-0.2, -0.15) is 0 Å². The average Bonchev–Trinajstić information content (AvgIpc) is 2.26. The zero-order valence-electron chi connectivity index (χ0n) is 8.46. The Labute approximate surface area is 104 Å². The molecule has 1 aromatic heterocycles. The number of ether oxygens (including phenoxy) is 2. The summed E-state index contributed by atoms with van der Waals surface area (Å²) in [5.41, 5.74) is -0.598. The predicted octanol–water partition coefficient (Wildman–Crippen LogP) is 2.42. The van der Waals surface area contributed by atoms with Crippen LogP contribution in [0.1, 0.15) is 22.5 Å². The predicted molar refractivity (Wildman–Crippen MR) is 59.8 cm³/mol. The minimum absolute atomic E-state index is 0.233. The highest BCUT2D eigenvalue weighted by molar-refractivity contribution is 14.1. The molecule has 1 heterocycles. The van der Waals surface area contributed by atoms with E-state index >= 15 is 0 Å². The Hall–Kier alpha value is -0.990. The topological polar surface area (TPSA) is 48.4 Å². The van der Waals surface area contributed by atoms with E-state index in [4.69, 9.17) is 4.74 Å². The third-order valence-corrected chi connectivity index (χ3v) is 2.68. The van der Waals surface area contributed by atoms with Crippen molar-refractivity contribution in [3.8, 4) is 5.75 Å². The highest BCUT2D eigenvalue weighted by Crippen LogP contribution is 2.34. The van der Waals surface area contributed by atoms with Gasteiger partial charge < -0.3 is 9.47 Å². The molecule has 0 fully saturated rings. The first-order valence-electron chi connectivity index (χ1n) is 4.11. The number of hydrogen-bond acceptors (Lipinski definition) is 4. The molecule has 0 saturated heterocycles. The summed E-state index contributed by atoms with van der Waals surface area (Å²) in [7, 11) is 2.34. The van der Waals surface area contributed by atoms with Crippen molar-refractivity contribution in [1.29, 1.82) is 0 Å². The van der Waals surface area contributed by atoms with Crippen LogP contribution >= 0.6 is 22.6 Å². The molecule has 0 aromatic carbocycles. The summed E-state index contributed by atoms with van der Waals surface area (Å²) in [6.45, 7) is 0. The Bertz CT molecular complexity index is 412. The summed E-state index contributed by atoms with van der Waals surface area (Å²) in [6.07, 6.45) is -1.56. The zero-order valence-corrected chi connectivity index (χ0v) is 10.6. The van der Waals surface area contributed by atoms with Gasteiger partial charge in [-0.3, -0.25) is 0 Å². The molecule has 16 heavy (non-hydrogen) atoms. The minimum Gasteiger partial charge on any atom is -0.494 e. The molecule has 0 aliphatic carbocycles. The number of hydrogen-bond donors (Lipinski definition) is 0. The lowest BCUT2D eigenvalue weighted by Gasteiger charge is -2.12. The molecule has 1 rings (SSSR count). The van der Waals surface area contributed by atoms with E-state index in [9.17, 15) is 13.6 Å². The molecule has 0 amide bonds. The molecule has 0 aliphatic heterocycles. The number of esters is 1. The van der Waals surface area contributed by atoms with E-state index in [2.05, 4.69) is 9.72 Å². The van der Waals surface area contributed by atoms with Crippen molar-refractivity contribution in [2.24, 2.45) is 0 Å². The van der Waals surface area contributed by atoms with Crippen LogP contribution in [0, 0.1) is 3.57 Å². The molecule has 0 N–H and O–H groups in total. The summed E-state index contributed by atoms with van der Waals surface area (Å²) < 4.78 is 35.0. The third-order valence-electron chi connectivity index (χ3n) is 1.83. The fourth-order valence-electron chi connectivity index (χ4n) is 1.14. The van der Waals surface area contributed by atoms with Crippen LogP contribution < -0.4 is 4.74 Å². The first kappa shape index (κ1) is 13.1. The highest BCUT2D eigenvalue weighted by Gasteiger charge is 2.25. The molecule has 88 valence electrons. The van der Waals surface area contributed by atoms with E-state index in [0.29, 0.717) is 0 Å². The van der Waals surface area contributed by atoms with Gasteiger partial charge in [0.1, 0.15) is 0 Å². The number of halogens is 3. The van der Waals surface area contributed by atoms with Crippen LogP contribution in [0.4, 0.5) is 8.78 Å². The Morgan fingerprint density at radius 1 is 1.50 bits per heavy atom. The van der Waals surface area contributed by atoms with Gasteiger partial charge in [0.15, 0.2) is 11.4 Å². The summed E-state index contributed by atoms with van der Waals surface area (Å²) in [5.74, 6) is -1.05. The van der Waals surface area contributed by atoms with Crippen LogP contribution in [0.5, 0.6) is 5.75 Å². The monoisotopic (exact) mass is 343 g/mol. The maximum absolute atomic E-state index is 12.8. The number of carbonyl (C=O) groups is 1. The van der Waals surface area contributed by atoms with Gasteiger partial charge in [-0.15, -0.1) is 0 Å². The van der Waals surface area contributed by atoms with E-state index in [1.807, 2.05) is 0 Å². The second-order valence-electron chi connectivity index (χ2n) is 2.69. The zero-order chi connectivity index (χ0) is 12.3. The van der Waals surface area contributed by atoms with Gasteiger partial charge in [-0.25, -0.2) is 18.6 Å². The lowest BCUT2D eigenvalue weighted by molar-refractivity contribution is 0.0588. The van der Waals surface area contributed by atoms with Crippen molar-refractivity contribution in [1.82, 2.24) is 4.98 Å². The van der Waals surface area contributed by atoms with Crippen LogP contribution in [-0.4, -0.2) is 25.2 Å². The Kier molecular flexibility index (Phi) is 4.39. The Morgan fingerprint density at radius 3 is 2.56 bits per heavy atom. The number of alkyl halides is 2. The van der Waals surface area contributed by atoms with E-state index in [0.717, 1.165) is 7.11 Å². The second kappa shape index (κ2) is 5.37. The van der Waals surface area contributed by atoms with Gasteiger partial charge in [-0.05, 0) is 22.6 Å². The number of aromatic nitrogens is 1. The van der Waals surface area contributed by atoms with Crippen molar-refractivity contribution in [2.45, 2.75) is 6.43 Å². The Morgan fingerprint density at radius 2 is 2.12 bits per heavy atom. The third kappa shape index (κ3) is 2.39. The van der Waals surface area contributed by atoms with E-state index in [-0.39, 0.29) is 20.6 Å². The van der Waals surface area contributed by atoms with Crippen LogP contribution in [-0.2, 0) is 4.74 Å². The van der Waals surface area contributed by atoms with E-state index < -0.39 is 12.4 Å². The molecule has 4 nitrogen and oxygen atoms in total. The number of carbonyl (C=O) groups excluding carboxylic acids is 1. The van der Waals surface area contributed by atoms with E-state index in [1.54, 1.807) is 22.6 Å². The smallest absolute Gasteiger partial charge is 0.360 e. The van der Waals surface area contributed by atoms with Gasteiger partial charge in [0.25, 0.3) is 6.43 Å². The fourth-order valence-corrected chi connectivity index (χ4v) is 1.76. The molecule has 0 unspecified atom stereocenters. The van der Waals surface area contributed by atoms with Crippen molar-refractivity contribution in [3.05, 3.63) is 21.0 Å². The number of nitrogens with zero attached hydrogens (tertiary/aromatic N) is 1. The average molecular weight is 343 g/mol. The van der Waals surface area contributed by atoms with Crippen LogP contribution in [0.25, 0.3) is 0 Å². The highest BCUT2D eigenvalue weighted by atomic mass is 127. The normalized spacial score (nSPS) is 10.4. The van der Waals surface area contributed by atoms with Crippen LogP contribution in [0.15, 0.2) is 6.20 Å². The van der Waals surface area contributed by atoms with Gasteiger partial charge in [-0.1, -0.05) is 0 Å². The van der Waals surface area contributed by atoms with E-state index in [1.165, 1.54) is 13.3 Å². The van der Waals surface area contributed by atoms with Crippen LogP contribution in [0.3, 0.4) is 0 Å². The van der Waals surface area contributed by atoms with Gasteiger partial charge in [0, 0.05) is 9.77 Å². The molecule has 0 radical (unpaired) electrons. The van der Waals surface area contributed by atoms with Gasteiger partial charge in [0.05, 0.1) is 19.8 Å². The maximum atomic E-state index is 12.8. The van der Waals surface area contributed by atoms with Gasteiger partial charge in [0.2, 0.25) is 0 Å². The van der Waals surface area contributed by atoms with Crippen molar-refractivity contribution in [2.75, 3.05) is 14.2 Å². The molecule has 0 saturated carbocycles. The van der Waals surface area contributed by atoms with Crippen molar-refractivity contribution in [3.63, 3.8) is 0 Å². The maximum Gasteiger partial charge on any atom is 0.360 e. The lowest BCUT2D eigenvalue weighted by atomic mass is 10.2. The van der Waals surface area contributed by atoms with Crippen molar-refractivity contribution < 1.29 is 23.0 Å². The summed E-state index contributed by atoms with van der Waals surface area (Å²) in [6, 6.07) is 0. The second-order valence-corrected chi connectivity index (χ2v) is 3.86. The Balaban J connectivity index is 3.42. The first-order valence-corrected chi connectivity index (χ1v) is 5.19. The molecule has 1 aromatic rings. The largest absolute Gasteiger partial charge is 0.494 e. The first-order chi connectivity index (χ1) is 7.52. The van der Waals surface area contributed by atoms with Gasteiger partial charge >= 0.3 is 5.97 Å². The summed E-state index contributed by atoms with van der Waals surface area (Å²) >= 11 is 1.70. The quantitative estimate of drug-likeness (QED) is 0.625. The SMILES string of the molecule is COC(=O)c1ncc(I)c(C(F)F)c1OC. The number of pyridine rings is 1. The van der Waals surface area contributed by atoms with Crippen molar-refractivity contribution >= 4 is 28.6 Å². The molecule has 7 heteroatoms. The standard InChI is InChI=1S/C9H8F2INO3/c1-15-7-5(8(10)11)4(12)3-13-6(7)9(14)16-2/h3,8H,1-2H3. The molecule has 0 bridgehead atoms. The summed E-state index contributed by atoms with van der Waals surface area (Å²) in [4.78, 5) is 15.0. The molecular formula is C9H8F2INO3. The molecule has 0 spiro atoms. The number of rotatable bonds is 3. The summed E-state index contributed by atoms with van der Waals surface area (Å²) in [5, 5.41) is 0. The molecular weight excluding hydrogens is 335 g/mol. The molecule has 0 atom stereocenters. The number of methoxy groups -OCH3 is 2. The fraction of sp³-hybridized carbons (Fsp3) is 0.333. The minimum atomic E-state index is -2.74. The molecule has 0 aliphatic rings. The van der Waals surface area contributed by atoms with Crippen LogP contribution in [0.2, 0.25) is 0 Å².